The minimum Gasteiger partial charge on any atom is -0.388 e. The van der Waals surface area contributed by atoms with Gasteiger partial charge in [-0.05, 0) is 70.6 Å². The molecule has 0 aliphatic carbocycles. The molecule has 21 heavy (non-hydrogen) atoms. The van der Waals surface area contributed by atoms with Crippen LogP contribution in [0, 0.1) is 13.8 Å². The Hall–Kier alpha value is -1.11. The molecular weight excluding hydrogens is 286 g/mol. The van der Waals surface area contributed by atoms with Gasteiger partial charge in [0, 0.05) is 19.3 Å². The Kier molecular flexibility index (Phi) is 6.64. The first-order valence-corrected chi connectivity index (χ1v) is 8.69. The molecule has 6 heteroatoms. The van der Waals surface area contributed by atoms with Crippen LogP contribution in [0.2, 0.25) is 0 Å². The molecule has 0 fully saturated rings. The lowest BCUT2D eigenvalue weighted by atomic mass is 10.1. The average molecular weight is 313 g/mol. The topological polar surface area (TPSA) is 61.4 Å². The summed E-state index contributed by atoms with van der Waals surface area (Å²) in [5.41, 5.74) is 2.45. The van der Waals surface area contributed by atoms with Crippen LogP contribution in [-0.4, -0.2) is 47.6 Å². The molecule has 2 N–H and O–H groups in total. The van der Waals surface area contributed by atoms with E-state index in [0.29, 0.717) is 11.4 Å². The fourth-order valence-electron chi connectivity index (χ4n) is 2.35. The summed E-state index contributed by atoms with van der Waals surface area (Å²) in [6.45, 7) is 5.10. The number of nitrogens with zero attached hydrogens (tertiary/aromatic N) is 1. The van der Waals surface area contributed by atoms with Gasteiger partial charge in [-0.25, -0.2) is 13.1 Å². The molecule has 120 valence electrons. The highest BCUT2D eigenvalue weighted by molar-refractivity contribution is 7.89. The molecule has 0 aliphatic rings. The Labute approximate surface area is 128 Å². The molecule has 0 bridgehead atoms. The molecule has 1 rings (SSSR count). The summed E-state index contributed by atoms with van der Waals surface area (Å²) in [7, 11) is 2.41. The van der Waals surface area contributed by atoms with Crippen molar-refractivity contribution in [1.29, 1.82) is 0 Å². The number of benzene rings is 1. The van der Waals surface area contributed by atoms with Crippen LogP contribution in [0.5, 0.6) is 0 Å². The summed E-state index contributed by atoms with van der Waals surface area (Å²) < 4.78 is 27.6. The SMILES string of the molecule is CNc1cc(C)c(S(=O)(=O)NCCCCN(C)C)c(C)c1. The van der Waals surface area contributed by atoms with Crippen LogP contribution in [-0.2, 0) is 10.0 Å². The molecule has 1 aromatic rings. The van der Waals surface area contributed by atoms with Crippen molar-refractivity contribution in [2.75, 3.05) is 39.5 Å². The van der Waals surface area contributed by atoms with Crippen LogP contribution in [0.4, 0.5) is 5.69 Å². The molecule has 0 spiro atoms. The number of unbranched alkanes of at least 4 members (excludes halogenated alkanes) is 1. The molecule has 0 unspecified atom stereocenters. The van der Waals surface area contributed by atoms with Crippen molar-refractivity contribution in [3.8, 4) is 0 Å². The predicted octanol–water partition coefficient (Wildman–Crippen LogP) is 1.97. The van der Waals surface area contributed by atoms with Crippen LogP contribution in [0.3, 0.4) is 0 Å². The quantitative estimate of drug-likeness (QED) is 0.720. The van der Waals surface area contributed by atoms with Crippen LogP contribution in [0.1, 0.15) is 24.0 Å². The van der Waals surface area contributed by atoms with Gasteiger partial charge in [0.05, 0.1) is 4.90 Å². The molecule has 0 atom stereocenters. The smallest absolute Gasteiger partial charge is 0.241 e. The van der Waals surface area contributed by atoms with Gasteiger partial charge in [-0.1, -0.05) is 0 Å². The third-order valence-electron chi connectivity index (χ3n) is 3.34. The summed E-state index contributed by atoms with van der Waals surface area (Å²) >= 11 is 0. The molecule has 5 nitrogen and oxygen atoms in total. The van der Waals surface area contributed by atoms with Gasteiger partial charge in [-0.2, -0.15) is 0 Å². The number of nitrogens with one attached hydrogen (secondary N) is 2. The van der Waals surface area contributed by atoms with E-state index in [-0.39, 0.29) is 0 Å². The maximum absolute atomic E-state index is 12.4. The van der Waals surface area contributed by atoms with E-state index in [1.807, 2.05) is 47.1 Å². The van der Waals surface area contributed by atoms with Gasteiger partial charge < -0.3 is 10.2 Å². The Balaban J connectivity index is 2.75. The van der Waals surface area contributed by atoms with Crippen molar-refractivity contribution in [3.05, 3.63) is 23.3 Å². The van der Waals surface area contributed by atoms with E-state index in [0.717, 1.165) is 36.2 Å². The Bertz CT molecular complexity index is 545. The molecular formula is C15H27N3O2S. The highest BCUT2D eigenvalue weighted by Gasteiger charge is 2.19. The molecule has 0 amide bonds. The molecule has 1 aromatic carbocycles. The summed E-state index contributed by atoms with van der Waals surface area (Å²) in [6, 6.07) is 3.71. The van der Waals surface area contributed by atoms with Crippen LogP contribution in [0.25, 0.3) is 0 Å². The Morgan fingerprint density at radius 2 is 1.67 bits per heavy atom. The van der Waals surface area contributed by atoms with Gasteiger partial charge in [0.25, 0.3) is 0 Å². The van der Waals surface area contributed by atoms with Gasteiger partial charge in [-0.3, -0.25) is 0 Å². The monoisotopic (exact) mass is 313 g/mol. The van der Waals surface area contributed by atoms with Gasteiger partial charge in [0.2, 0.25) is 10.0 Å². The molecule has 0 saturated heterocycles. The summed E-state index contributed by atoms with van der Waals surface area (Å²) in [5, 5.41) is 3.04. The van der Waals surface area contributed by atoms with Gasteiger partial charge in [-0.15, -0.1) is 0 Å². The van der Waals surface area contributed by atoms with Crippen LogP contribution < -0.4 is 10.0 Å². The van der Waals surface area contributed by atoms with E-state index in [4.69, 9.17) is 0 Å². The fraction of sp³-hybridized carbons (Fsp3) is 0.600. The Morgan fingerprint density at radius 3 is 2.14 bits per heavy atom. The first-order valence-electron chi connectivity index (χ1n) is 7.21. The van der Waals surface area contributed by atoms with Crippen molar-refractivity contribution >= 4 is 15.7 Å². The first kappa shape index (κ1) is 17.9. The molecule has 0 saturated carbocycles. The average Bonchev–Trinajstić information content (AvgIpc) is 2.36. The lowest BCUT2D eigenvalue weighted by Gasteiger charge is -2.14. The van der Waals surface area contributed by atoms with Crippen molar-refractivity contribution in [1.82, 2.24) is 9.62 Å². The minimum absolute atomic E-state index is 0.397. The summed E-state index contributed by atoms with van der Waals surface area (Å²) in [5.74, 6) is 0. The number of sulfonamides is 1. The zero-order chi connectivity index (χ0) is 16.0. The van der Waals surface area contributed by atoms with E-state index in [2.05, 4.69) is 14.9 Å². The van der Waals surface area contributed by atoms with Crippen LogP contribution in [0.15, 0.2) is 17.0 Å². The minimum atomic E-state index is -3.44. The maximum Gasteiger partial charge on any atom is 0.241 e. The number of hydrogen-bond donors (Lipinski definition) is 2. The lowest BCUT2D eigenvalue weighted by molar-refractivity contribution is 0.394. The molecule has 0 aromatic heterocycles. The lowest BCUT2D eigenvalue weighted by Crippen LogP contribution is -2.27. The van der Waals surface area contributed by atoms with Gasteiger partial charge in [0.15, 0.2) is 0 Å². The summed E-state index contributed by atoms with van der Waals surface area (Å²) in [4.78, 5) is 2.49. The second-order valence-corrected chi connectivity index (χ2v) is 7.30. The van der Waals surface area contributed by atoms with E-state index >= 15 is 0 Å². The van der Waals surface area contributed by atoms with E-state index < -0.39 is 10.0 Å². The number of aryl methyl sites for hydroxylation is 2. The zero-order valence-electron chi connectivity index (χ0n) is 13.7. The second kappa shape index (κ2) is 7.77. The predicted molar refractivity (Wildman–Crippen MR) is 88.4 cm³/mol. The highest BCUT2D eigenvalue weighted by Crippen LogP contribution is 2.24. The van der Waals surface area contributed by atoms with Crippen molar-refractivity contribution < 1.29 is 8.42 Å². The van der Waals surface area contributed by atoms with Gasteiger partial charge in [0.1, 0.15) is 0 Å². The number of hydrogen-bond acceptors (Lipinski definition) is 4. The van der Waals surface area contributed by atoms with E-state index in [1.54, 1.807) is 0 Å². The maximum atomic E-state index is 12.4. The third kappa shape index (κ3) is 5.30. The van der Waals surface area contributed by atoms with Crippen molar-refractivity contribution in [2.24, 2.45) is 0 Å². The summed E-state index contributed by atoms with van der Waals surface area (Å²) in [6.07, 6.45) is 1.82. The third-order valence-corrected chi connectivity index (χ3v) is 5.11. The molecule has 0 radical (unpaired) electrons. The largest absolute Gasteiger partial charge is 0.388 e. The van der Waals surface area contributed by atoms with E-state index in [9.17, 15) is 8.42 Å². The normalized spacial score (nSPS) is 11.9. The highest BCUT2D eigenvalue weighted by atomic mass is 32.2. The number of rotatable bonds is 8. The van der Waals surface area contributed by atoms with Crippen molar-refractivity contribution in [2.45, 2.75) is 31.6 Å². The zero-order valence-corrected chi connectivity index (χ0v) is 14.5. The van der Waals surface area contributed by atoms with Crippen molar-refractivity contribution in [3.63, 3.8) is 0 Å². The molecule has 0 heterocycles. The standard InChI is InChI=1S/C15H27N3O2S/c1-12-10-14(16-3)11-13(2)15(12)21(19,20)17-8-6-7-9-18(4)5/h10-11,16-17H,6-9H2,1-5H3. The van der Waals surface area contributed by atoms with E-state index in [1.165, 1.54) is 0 Å². The Morgan fingerprint density at radius 1 is 1.10 bits per heavy atom. The van der Waals surface area contributed by atoms with Crippen LogP contribution >= 0.6 is 0 Å². The first-order chi connectivity index (χ1) is 9.77. The van der Waals surface area contributed by atoms with Gasteiger partial charge >= 0.3 is 0 Å². The second-order valence-electron chi connectivity index (χ2n) is 5.60. The number of anilines is 1. The molecule has 0 aliphatic heterocycles. The fourth-order valence-corrected chi connectivity index (χ4v) is 3.87.